The number of rotatable bonds is 14. The van der Waals surface area contributed by atoms with Crippen LogP contribution in [0.15, 0.2) is 490 Å². The molecule has 0 saturated carbocycles. The zero-order chi connectivity index (χ0) is 88.3. The second-order valence-electron chi connectivity index (χ2n) is 34.8. The molecule has 4 heterocycles. The number of thiophene rings is 3. The number of furan rings is 1. The summed E-state index contributed by atoms with van der Waals surface area (Å²) in [6, 6.07) is 177. The van der Waals surface area contributed by atoms with E-state index in [4.69, 9.17) is 4.42 Å². The van der Waals surface area contributed by atoms with Crippen molar-refractivity contribution >= 4 is 204 Å². The van der Waals surface area contributed by atoms with Gasteiger partial charge < -0.3 is 14.2 Å². The molecule has 0 aliphatic heterocycles. The van der Waals surface area contributed by atoms with Gasteiger partial charge in [0, 0.05) is 122 Å². The van der Waals surface area contributed by atoms with Crippen LogP contribution in [-0.2, 0) is 0 Å². The Bertz CT molecular complexity index is 9050. The number of para-hydroxylation sites is 1. The molecule has 27 rings (SSSR count). The fourth-order valence-electron chi connectivity index (χ4n) is 20.5. The number of hydrogen-bond acceptors (Lipinski definition) is 6. The third-order valence-corrected chi connectivity index (χ3v) is 31.0. The van der Waals surface area contributed by atoms with E-state index >= 15 is 0 Å². The first-order valence-electron chi connectivity index (χ1n) is 45.7. The van der Waals surface area contributed by atoms with Crippen molar-refractivity contribution in [2.45, 2.75) is 0 Å². The minimum absolute atomic E-state index is 0.920. The van der Waals surface area contributed by atoms with Gasteiger partial charge in [-0.25, -0.2) is 0 Å². The summed E-state index contributed by atoms with van der Waals surface area (Å²) in [6.07, 6.45) is 0. The first-order valence-corrected chi connectivity index (χ1v) is 48.2. The molecule has 626 valence electrons. The zero-order valence-electron chi connectivity index (χ0n) is 72.7. The van der Waals surface area contributed by atoms with Crippen molar-refractivity contribution in [3.05, 3.63) is 485 Å². The van der Waals surface area contributed by atoms with Gasteiger partial charge in [0.2, 0.25) is 0 Å². The summed E-state index contributed by atoms with van der Waals surface area (Å²) in [5, 5.41) is 22.9. The molecule has 0 saturated heterocycles. The Morgan fingerprint density at radius 2 is 0.403 bits per heavy atom. The van der Waals surface area contributed by atoms with Crippen LogP contribution < -0.4 is 9.80 Å². The maximum absolute atomic E-state index is 6.69. The van der Waals surface area contributed by atoms with Gasteiger partial charge in [-0.3, -0.25) is 0 Å². The van der Waals surface area contributed by atoms with Crippen LogP contribution >= 0.6 is 34.0 Å². The molecule has 0 fully saturated rings. The fourth-order valence-corrected chi connectivity index (χ4v) is 24.6. The molecular weight excluding hydrogens is 1680 g/mol. The van der Waals surface area contributed by atoms with Crippen molar-refractivity contribution in [1.82, 2.24) is 0 Å². The monoisotopic (exact) mass is 1760 g/mol. The van der Waals surface area contributed by atoms with E-state index in [0.29, 0.717) is 0 Å². The Morgan fingerprint density at radius 3 is 0.813 bits per heavy atom. The number of anilines is 6. The Morgan fingerprint density at radius 1 is 0.142 bits per heavy atom. The van der Waals surface area contributed by atoms with Gasteiger partial charge in [-0.1, -0.05) is 400 Å². The molecule has 23 aromatic carbocycles. The molecule has 0 N–H and O–H groups in total. The van der Waals surface area contributed by atoms with Crippen molar-refractivity contribution in [3.63, 3.8) is 0 Å². The largest absolute Gasteiger partial charge is 0.455 e. The minimum atomic E-state index is 0.920. The number of hydrogen-bond donors (Lipinski definition) is 0. The third-order valence-electron chi connectivity index (χ3n) is 27.2. The van der Waals surface area contributed by atoms with E-state index in [1.807, 2.05) is 34.0 Å². The van der Waals surface area contributed by atoms with E-state index in [0.717, 1.165) is 83.7 Å². The maximum Gasteiger partial charge on any atom is 0.143 e. The van der Waals surface area contributed by atoms with Crippen LogP contribution in [0.4, 0.5) is 34.1 Å². The summed E-state index contributed by atoms with van der Waals surface area (Å²) in [4.78, 5) is 4.73. The molecule has 0 aliphatic carbocycles. The summed E-state index contributed by atoms with van der Waals surface area (Å²) < 4.78 is 14.7. The summed E-state index contributed by atoms with van der Waals surface area (Å²) in [5.41, 5.74) is 27.6. The van der Waals surface area contributed by atoms with Crippen molar-refractivity contribution in [2.75, 3.05) is 9.80 Å². The molecule has 27 aromatic rings. The number of nitrogens with zero attached hydrogens (tertiary/aromatic N) is 2. The lowest BCUT2D eigenvalue weighted by molar-refractivity contribution is 0.674. The molecule has 0 atom stereocenters. The molecule has 0 aliphatic rings. The molecule has 0 bridgehead atoms. The lowest BCUT2D eigenvalue weighted by atomic mass is 9.94. The quantitative estimate of drug-likeness (QED) is 0.108. The van der Waals surface area contributed by atoms with Crippen molar-refractivity contribution in [1.29, 1.82) is 0 Å². The van der Waals surface area contributed by atoms with Crippen LogP contribution in [0.5, 0.6) is 0 Å². The molecule has 6 heteroatoms. The van der Waals surface area contributed by atoms with Crippen LogP contribution in [0.2, 0.25) is 0 Å². The predicted molar refractivity (Wildman–Crippen MR) is 579 cm³/mol. The predicted octanol–water partition coefficient (Wildman–Crippen LogP) is 38.4. The fraction of sp³-hybridized carbons (Fsp3) is 0. The van der Waals surface area contributed by atoms with Crippen LogP contribution in [-0.4, -0.2) is 0 Å². The van der Waals surface area contributed by atoms with Crippen molar-refractivity contribution in [3.8, 4) is 89.0 Å². The highest BCUT2D eigenvalue weighted by molar-refractivity contribution is 7.28. The minimum Gasteiger partial charge on any atom is -0.455 e. The second kappa shape index (κ2) is 32.8. The van der Waals surface area contributed by atoms with Gasteiger partial charge in [-0.2, -0.15) is 0 Å². The molecule has 0 unspecified atom stereocenters. The lowest BCUT2D eigenvalue weighted by Gasteiger charge is -2.26. The molecule has 0 amide bonds. The van der Waals surface area contributed by atoms with E-state index in [9.17, 15) is 0 Å². The Balaban J connectivity index is 0.000000144. The Labute approximate surface area is 786 Å². The van der Waals surface area contributed by atoms with Crippen molar-refractivity contribution in [2.24, 2.45) is 0 Å². The zero-order valence-corrected chi connectivity index (χ0v) is 75.2. The van der Waals surface area contributed by atoms with Gasteiger partial charge in [0.05, 0.1) is 0 Å². The highest BCUT2D eigenvalue weighted by Crippen LogP contribution is 2.51. The normalized spacial score (nSPS) is 11.7. The number of fused-ring (bicyclic) bond motifs is 21. The number of benzene rings is 23. The molecular formula is C128H80N2OS3. The van der Waals surface area contributed by atoms with E-state index < -0.39 is 0 Å². The maximum atomic E-state index is 6.69. The summed E-state index contributed by atoms with van der Waals surface area (Å²) in [5.74, 6) is 0. The van der Waals surface area contributed by atoms with E-state index in [1.54, 1.807) is 0 Å². The summed E-state index contributed by atoms with van der Waals surface area (Å²) in [6.45, 7) is 0. The first-order chi connectivity index (χ1) is 66.4. The van der Waals surface area contributed by atoms with Gasteiger partial charge in [-0.05, 0) is 211 Å². The molecule has 4 aromatic heterocycles. The van der Waals surface area contributed by atoms with Gasteiger partial charge in [0.25, 0.3) is 0 Å². The van der Waals surface area contributed by atoms with Gasteiger partial charge >= 0.3 is 0 Å². The third kappa shape index (κ3) is 13.7. The van der Waals surface area contributed by atoms with Gasteiger partial charge in [-0.15, -0.1) is 34.0 Å². The molecule has 0 radical (unpaired) electrons. The van der Waals surface area contributed by atoms with E-state index in [1.165, 1.54) is 176 Å². The van der Waals surface area contributed by atoms with Crippen LogP contribution in [0, 0.1) is 0 Å². The van der Waals surface area contributed by atoms with Gasteiger partial charge in [0.15, 0.2) is 0 Å². The average molecular weight is 1760 g/mol. The smallest absolute Gasteiger partial charge is 0.143 e. The molecule has 3 nitrogen and oxygen atoms in total. The average Bonchev–Trinajstić information content (AvgIpc) is 1.56. The topological polar surface area (TPSA) is 19.6 Å². The highest BCUT2D eigenvalue weighted by atomic mass is 32.1. The summed E-state index contributed by atoms with van der Waals surface area (Å²) in [7, 11) is 0. The van der Waals surface area contributed by atoms with Crippen LogP contribution in [0.25, 0.3) is 225 Å². The Hall–Kier alpha value is -16.6. The van der Waals surface area contributed by atoms with Crippen LogP contribution in [0.1, 0.15) is 0 Å². The first kappa shape index (κ1) is 78.5. The second-order valence-corrected chi connectivity index (χ2v) is 37.9. The highest BCUT2D eigenvalue weighted by Gasteiger charge is 2.24. The summed E-state index contributed by atoms with van der Waals surface area (Å²) >= 11 is 5.74. The van der Waals surface area contributed by atoms with Gasteiger partial charge in [0.1, 0.15) is 11.2 Å². The SMILES string of the molecule is c1ccc(-c2ccc(N(c3ccc(-c4ccc(-c5cccc6c5oc5c7ccccc7ccc65)cc4)cc3)c3ccc(-c4ccc(-c5c6ccccc6cc6c5sc5c7ccccc7ccc65)cc4)cc3)cc2)cc1.c1ccc(-c2ccc(N(c3ccc(-c4cccc5c4sc4c6ccccc6ccc54)cc3)c3ccc(-c4cccc5c4sc4c6ccccc6ccc54)cc3)cc2)cc1. The molecule has 0 spiro atoms. The lowest BCUT2D eigenvalue weighted by Crippen LogP contribution is -2.09. The molecule has 134 heavy (non-hydrogen) atoms. The Kier molecular flexibility index (Phi) is 19.2. The standard InChI is InChI=1S/C72H45NOS.C56H35NS2/c1-2-11-46(12-3-1)49-29-37-57(38-30-49)73(58-39-31-50(32-40-58)47-21-25-54(26-22-47)62-19-10-20-64-65-43-35-52-13-4-8-17-61(52)70(65)74-69(62)64)59-41-33-51(34-42-59)48-23-27-55(28-24-48)68-60-16-7-6-15-56(60)45-67-66-44-36-53-14-5-9-18-63(53)71(66)75-72(67)68;1-2-10-36(11-3-1)37-20-28-42(29-21-37)57(43-30-22-40(23-31-43)47-16-8-18-49-51-34-26-38-12-4-6-14-45(38)55(51)58-53(47)49)44-32-24-41(25-33-44)48-17-9-19-50-52-35-27-39-13-5-7-15-46(39)56(52)59-54(48)50/h1-45H;1-35H. The van der Waals surface area contributed by atoms with E-state index in [-0.39, 0.29) is 0 Å². The van der Waals surface area contributed by atoms with E-state index in [2.05, 4.69) is 495 Å². The van der Waals surface area contributed by atoms with Crippen molar-refractivity contribution < 1.29 is 4.42 Å². The van der Waals surface area contributed by atoms with Crippen LogP contribution in [0.3, 0.4) is 0 Å².